The Morgan fingerprint density at radius 2 is 1.70 bits per heavy atom. The summed E-state index contributed by atoms with van der Waals surface area (Å²) in [4.78, 5) is 31.5. The third kappa shape index (κ3) is 10.1. The molecular formula is C38H50N2O6Si. The lowest BCUT2D eigenvalue weighted by molar-refractivity contribution is 0.00568. The molecular weight excluding hydrogens is 609 g/mol. The summed E-state index contributed by atoms with van der Waals surface area (Å²) in [7, 11) is 1.59. The molecule has 0 unspecified atom stereocenters. The zero-order valence-electron chi connectivity index (χ0n) is 29.4. The highest BCUT2D eigenvalue weighted by molar-refractivity contribution is 6.32. The van der Waals surface area contributed by atoms with E-state index in [4.69, 9.17) is 18.6 Å². The molecule has 0 N–H and O–H groups in total. The van der Waals surface area contributed by atoms with Crippen LogP contribution in [0.15, 0.2) is 67.0 Å². The molecule has 8 nitrogen and oxygen atoms in total. The zero-order chi connectivity index (χ0) is 34.4. The number of methoxy groups -OCH3 is 1. The average Bonchev–Trinajstić information content (AvgIpc) is 3.01. The number of carbonyl (C=O) groups is 2. The lowest BCUT2D eigenvalue weighted by Gasteiger charge is -2.39. The second-order valence-electron chi connectivity index (χ2n) is 14.8. The molecule has 0 aliphatic carbocycles. The van der Waals surface area contributed by atoms with Crippen molar-refractivity contribution in [3.8, 4) is 5.75 Å². The number of aryl methyl sites for hydroxylation is 1. The minimum Gasteiger partial charge on any atom is -0.488 e. The first-order valence-electron chi connectivity index (χ1n) is 16.3. The predicted octanol–water partition coefficient (Wildman–Crippen LogP) is 8.01. The van der Waals surface area contributed by atoms with Crippen molar-refractivity contribution in [3.63, 3.8) is 0 Å². The van der Waals surface area contributed by atoms with Gasteiger partial charge in [0.15, 0.2) is 0 Å². The first-order valence-corrected chi connectivity index (χ1v) is 17.2. The van der Waals surface area contributed by atoms with Crippen LogP contribution in [0.4, 0.5) is 4.79 Å². The van der Waals surface area contributed by atoms with E-state index < -0.39 is 11.7 Å². The van der Waals surface area contributed by atoms with Gasteiger partial charge in [-0.2, -0.15) is 0 Å². The Balaban J connectivity index is 1.49. The number of fused-ring (bicyclic) bond motifs is 1. The van der Waals surface area contributed by atoms with Gasteiger partial charge in [-0.15, -0.1) is 0 Å². The fraction of sp³-hybridized carbons (Fsp3) is 0.500. The number of aromatic nitrogens is 1. The van der Waals surface area contributed by atoms with Crippen LogP contribution in [0.3, 0.4) is 0 Å². The number of hydrogen-bond acceptors (Lipinski definition) is 7. The van der Waals surface area contributed by atoms with E-state index in [1.165, 1.54) is 12.7 Å². The van der Waals surface area contributed by atoms with Crippen molar-refractivity contribution >= 4 is 21.8 Å². The van der Waals surface area contributed by atoms with Gasteiger partial charge in [0.2, 0.25) is 9.76 Å². The smallest absolute Gasteiger partial charge is 0.410 e. The highest BCUT2D eigenvalue weighted by Crippen LogP contribution is 2.44. The highest BCUT2D eigenvalue weighted by Gasteiger charge is 2.37. The van der Waals surface area contributed by atoms with E-state index in [0.29, 0.717) is 18.7 Å². The average molecular weight is 659 g/mol. The number of amides is 1. The van der Waals surface area contributed by atoms with Crippen molar-refractivity contribution in [1.29, 1.82) is 0 Å². The lowest BCUT2D eigenvalue weighted by atomic mass is 9.82. The predicted molar refractivity (Wildman–Crippen MR) is 185 cm³/mol. The fourth-order valence-corrected chi connectivity index (χ4v) is 5.95. The molecule has 0 bridgehead atoms. The molecule has 2 atom stereocenters. The van der Waals surface area contributed by atoms with Crippen LogP contribution in [0.2, 0.25) is 5.04 Å². The Kier molecular flexibility index (Phi) is 11.6. The van der Waals surface area contributed by atoms with Gasteiger partial charge in [-0.05, 0) is 97.0 Å². The molecule has 47 heavy (non-hydrogen) atoms. The molecule has 0 saturated heterocycles. The molecule has 0 saturated carbocycles. The Morgan fingerprint density at radius 1 is 1.00 bits per heavy atom. The van der Waals surface area contributed by atoms with E-state index in [0.717, 1.165) is 41.7 Å². The molecule has 0 fully saturated rings. The summed E-state index contributed by atoms with van der Waals surface area (Å²) >= 11 is 0. The van der Waals surface area contributed by atoms with Gasteiger partial charge >= 0.3 is 12.1 Å². The van der Waals surface area contributed by atoms with Gasteiger partial charge in [0, 0.05) is 12.4 Å². The van der Waals surface area contributed by atoms with Crippen LogP contribution < -0.4 is 4.74 Å². The second-order valence-corrected chi connectivity index (χ2v) is 16.5. The SMILES string of the molecule is COC(=O)c1ccc(Cc2ccc3c(c2)CC[C@H](CN(C[C@@H](O[Si]C(C)(C)C(C)(C)C)c2cccnc2)C(=O)OC(C)(C)C)O3)cc1. The second kappa shape index (κ2) is 15.0. The molecule has 1 aliphatic heterocycles. The largest absolute Gasteiger partial charge is 0.488 e. The first-order chi connectivity index (χ1) is 22.0. The lowest BCUT2D eigenvalue weighted by Crippen LogP contribution is -2.46. The monoisotopic (exact) mass is 658 g/mol. The first kappa shape index (κ1) is 36.1. The third-order valence-corrected chi connectivity index (χ3v) is 10.4. The highest BCUT2D eigenvalue weighted by atomic mass is 28.2. The summed E-state index contributed by atoms with van der Waals surface area (Å²) in [5.74, 6) is 0.496. The van der Waals surface area contributed by atoms with E-state index in [-0.39, 0.29) is 38.4 Å². The molecule has 1 amide bonds. The van der Waals surface area contributed by atoms with Crippen molar-refractivity contribution in [2.75, 3.05) is 20.2 Å². The maximum absolute atomic E-state index is 13.7. The number of carbonyl (C=O) groups excluding carboxylic acids is 2. The van der Waals surface area contributed by atoms with Crippen LogP contribution in [0, 0.1) is 5.41 Å². The molecule has 2 radical (unpaired) electrons. The number of benzene rings is 2. The zero-order valence-corrected chi connectivity index (χ0v) is 30.4. The quantitative estimate of drug-likeness (QED) is 0.152. The van der Waals surface area contributed by atoms with Crippen molar-refractivity contribution in [2.24, 2.45) is 5.41 Å². The van der Waals surface area contributed by atoms with Crippen LogP contribution in [0.1, 0.15) is 101 Å². The molecule has 1 aromatic heterocycles. The van der Waals surface area contributed by atoms with Crippen molar-refractivity contribution in [2.45, 2.75) is 97.5 Å². The Bertz CT molecular complexity index is 1500. The van der Waals surface area contributed by atoms with Crippen molar-refractivity contribution < 1.29 is 28.2 Å². The number of ether oxygens (including phenoxy) is 3. The summed E-state index contributed by atoms with van der Waals surface area (Å²) in [6.45, 7) is 17.4. The van der Waals surface area contributed by atoms with Crippen LogP contribution in [-0.4, -0.2) is 63.6 Å². The number of pyridine rings is 1. The van der Waals surface area contributed by atoms with Gasteiger partial charge in [-0.25, -0.2) is 9.59 Å². The normalized spacial score (nSPS) is 15.6. The van der Waals surface area contributed by atoms with E-state index in [1.54, 1.807) is 23.2 Å². The Morgan fingerprint density at radius 3 is 2.32 bits per heavy atom. The Hall–Kier alpha value is -3.69. The summed E-state index contributed by atoms with van der Waals surface area (Å²) in [5, 5.41) is -0.0776. The van der Waals surface area contributed by atoms with Gasteiger partial charge in [-0.3, -0.25) is 4.98 Å². The van der Waals surface area contributed by atoms with E-state index >= 15 is 0 Å². The topological polar surface area (TPSA) is 87.2 Å². The summed E-state index contributed by atoms with van der Waals surface area (Å²) < 4.78 is 23.8. The molecule has 4 rings (SSSR count). The van der Waals surface area contributed by atoms with Crippen molar-refractivity contribution in [1.82, 2.24) is 9.88 Å². The maximum atomic E-state index is 13.7. The number of esters is 1. The summed E-state index contributed by atoms with van der Waals surface area (Å²) in [5.41, 5.74) is 4.27. The number of rotatable bonds is 11. The van der Waals surface area contributed by atoms with Gasteiger partial charge in [0.25, 0.3) is 0 Å². The van der Waals surface area contributed by atoms with E-state index in [1.807, 2.05) is 57.3 Å². The van der Waals surface area contributed by atoms with Gasteiger partial charge in [-0.1, -0.05) is 65.0 Å². The maximum Gasteiger partial charge on any atom is 0.410 e. The van der Waals surface area contributed by atoms with E-state index in [2.05, 4.69) is 51.7 Å². The minimum atomic E-state index is -0.647. The molecule has 9 heteroatoms. The molecule has 0 spiro atoms. The van der Waals surface area contributed by atoms with Gasteiger partial charge in [0.05, 0.1) is 31.9 Å². The molecule has 2 heterocycles. The van der Waals surface area contributed by atoms with Crippen LogP contribution in [0.25, 0.3) is 0 Å². The summed E-state index contributed by atoms with van der Waals surface area (Å²) in [6, 6.07) is 17.7. The molecule has 1 aliphatic rings. The number of nitrogens with zero attached hydrogens (tertiary/aromatic N) is 2. The van der Waals surface area contributed by atoms with E-state index in [9.17, 15) is 9.59 Å². The minimum absolute atomic E-state index is 0.0358. The van der Waals surface area contributed by atoms with Gasteiger partial charge < -0.3 is 23.5 Å². The molecule has 3 aromatic rings. The Labute approximate surface area is 283 Å². The van der Waals surface area contributed by atoms with Gasteiger partial charge in [0.1, 0.15) is 17.5 Å². The van der Waals surface area contributed by atoms with Crippen LogP contribution >= 0.6 is 0 Å². The van der Waals surface area contributed by atoms with Crippen molar-refractivity contribution in [3.05, 3.63) is 94.8 Å². The molecule has 252 valence electrons. The fourth-order valence-electron chi connectivity index (χ4n) is 4.99. The molecule has 2 aromatic carbocycles. The number of hydrogen-bond donors (Lipinski definition) is 0. The van der Waals surface area contributed by atoms with Crippen LogP contribution in [0.5, 0.6) is 5.75 Å². The van der Waals surface area contributed by atoms with Crippen LogP contribution in [-0.2, 0) is 26.7 Å². The summed E-state index contributed by atoms with van der Waals surface area (Å²) in [6.07, 6.45) is 4.93. The third-order valence-electron chi connectivity index (χ3n) is 8.79. The standard InChI is InChI=1S/C38H50N2O6Si/c1-36(2,3)38(7,8)47-46-33(30-11-10-20-39-23-30)25-40(35(42)45-37(4,5)6)24-31-18-17-29-22-27(14-19-32(29)44-31)21-26-12-15-28(16-13-26)34(41)43-9/h10-16,19-20,22-23,31,33H,17-18,21,24-25H2,1-9H3/t31-,33-/m1/s1.